The van der Waals surface area contributed by atoms with E-state index in [0.717, 1.165) is 0 Å². The first-order chi connectivity index (χ1) is 13.4. The molecule has 28 heavy (non-hydrogen) atoms. The normalized spacial score (nSPS) is 12.2. The molecule has 0 saturated carbocycles. The third-order valence-corrected chi connectivity index (χ3v) is 4.19. The molecule has 0 aliphatic heterocycles. The van der Waals surface area contributed by atoms with Gasteiger partial charge in [0.2, 0.25) is 0 Å². The molecule has 8 heteroatoms. The van der Waals surface area contributed by atoms with Crippen LogP contribution in [0.2, 0.25) is 0 Å². The van der Waals surface area contributed by atoms with Gasteiger partial charge in [-0.25, -0.2) is 9.37 Å². The Balaban J connectivity index is 2.03. The molecule has 0 unspecified atom stereocenters. The van der Waals surface area contributed by atoms with Gasteiger partial charge >= 0.3 is 0 Å². The molecule has 3 rings (SSSR count). The molecule has 142 valence electrons. The van der Waals surface area contributed by atoms with Gasteiger partial charge in [0.1, 0.15) is 17.2 Å². The van der Waals surface area contributed by atoms with Crippen LogP contribution in [0.25, 0.3) is 11.2 Å². The van der Waals surface area contributed by atoms with Crippen molar-refractivity contribution < 1.29 is 9.13 Å². The highest BCUT2D eigenvalue weighted by molar-refractivity contribution is 6.30. The summed E-state index contributed by atoms with van der Waals surface area (Å²) in [6.45, 7) is 1.66. The summed E-state index contributed by atoms with van der Waals surface area (Å²) in [5.74, 6) is -0.0163. The zero-order valence-corrected chi connectivity index (χ0v) is 15.4. The van der Waals surface area contributed by atoms with E-state index in [1.807, 2.05) is 0 Å². The largest absolute Gasteiger partial charge is 0.484 e. The van der Waals surface area contributed by atoms with Gasteiger partial charge in [-0.1, -0.05) is 0 Å². The predicted octanol–water partition coefficient (Wildman–Crippen LogP) is 3.23. The van der Waals surface area contributed by atoms with Crippen molar-refractivity contribution >= 4 is 28.7 Å². The molecule has 2 heterocycles. The first-order valence-electron chi connectivity index (χ1n) is 8.37. The molecular formula is C20H19FN6O. The van der Waals surface area contributed by atoms with Gasteiger partial charge in [0, 0.05) is 36.0 Å². The van der Waals surface area contributed by atoms with Gasteiger partial charge in [0.15, 0.2) is 11.7 Å². The number of imidazole rings is 1. The van der Waals surface area contributed by atoms with Gasteiger partial charge in [-0.2, -0.15) is 4.99 Å². The predicted molar refractivity (Wildman–Crippen MR) is 108 cm³/mol. The number of amidine groups is 1. The van der Waals surface area contributed by atoms with Crippen LogP contribution in [0, 0.1) is 16.6 Å². The number of hydrogen-bond acceptors (Lipinski definition) is 5. The number of pyridine rings is 1. The second-order valence-corrected chi connectivity index (χ2v) is 5.94. The van der Waals surface area contributed by atoms with Gasteiger partial charge in [-0.3, -0.25) is 15.2 Å². The summed E-state index contributed by atoms with van der Waals surface area (Å²) >= 11 is 0. The number of nitrogens with zero attached hydrogens (tertiary/aromatic N) is 3. The topological polar surface area (TPSA) is 113 Å². The average Bonchev–Trinajstić information content (AvgIpc) is 3.12. The Morgan fingerprint density at radius 1 is 1.18 bits per heavy atom. The molecule has 0 bridgehead atoms. The van der Waals surface area contributed by atoms with E-state index in [9.17, 15) is 4.39 Å². The summed E-state index contributed by atoms with van der Waals surface area (Å²) in [7, 11) is 1.48. The smallest absolute Gasteiger partial charge is 0.186 e. The molecule has 7 nitrogen and oxygen atoms in total. The molecule has 3 aromatic rings. The highest BCUT2D eigenvalue weighted by Gasteiger charge is 2.14. The van der Waals surface area contributed by atoms with Gasteiger partial charge in [0.25, 0.3) is 0 Å². The van der Waals surface area contributed by atoms with Crippen molar-refractivity contribution in [1.29, 1.82) is 10.8 Å². The van der Waals surface area contributed by atoms with Crippen LogP contribution in [-0.2, 0) is 4.74 Å². The minimum absolute atomic E-state index is 0.00381. The Hall–Kier alpha value is -3.81. The standard InChI is InChI=1S/C20H19FN6O/c1-12(28-2)26-20(24)17-10-25-18-8-5-14(11-27(17)18)16(9-22)19(23)13-3-6-15(21)7-4-13/h3-11,23-24H,22H2,1-2H3/b16-9-,23-19?,24-20?,26-12-. The lowest BCUT2D eigenvalue weighted by Gasteiger charge is -2.11. The zero-order chi connectivity index (χ0) is 20.3. The number of aliphatic imine (C=N–C) groups is 1. The van der Waals surface area contributed by atoms with Gasteiger partial charge in [0.05, 0.1) is 19.0 Å². The molecule has 0 amide bonds. The van der Waals surface area contributed by atoms with Crippen molar-refractivity contribution in [2.45, 2.75) is 6.92 Å². The maximum Gasteiger partial charge on any atom is 0.186 e. The number of hydrogen-bond donors (Lipinski definition) is 3. The fraction of sp³-hybridized carbons (Fsp3) is 0.100. The van der Waals surface area contributed by atoms with Crippen LogP contribution < -0.4 is 5.73 Å². The van der Waals surface area contributed by atoms with E-state index in [0.29, 0.717) is 33.9 Å². The number of benzene rings is 1. The van der Waals surface area contributed by atoms with Crippen LogP contribution >= 0.6 is 0 Å². The molecule has 1 aromatic carbocycles. The number of aromatic nitrogens is 2. The highest BCUT2D eigenvalue weighted by Crippen LogP contribution is 2.21. The highest BCUT2D eigenvalue weighted by atomic mass is 19.1. The molecule has 2 aromatic heterocycles. The molecule has 0 spiro atoms. The van der Waals surface area contributed by atoms with E-state index in [1.54, 1.807) is 35.9 Å². The molecule has 0 fully saturated rings. The quantitative estimate of drug-likeness (QED) is 0.478. The number of methoxy groups -OCH3 is 1. The van der Waals surface area contributed by atoms with Crippen LogP contribution in [0.4, 0.5) is 4.39 Å². The number of nitrogens with one attached hydrogen (secondary N) is 2. The maximum absolute atomic E-state index is 13.2. The van der Waals surface area contributed by atoms with E-state index in [1.165, 1.54) is 37.6 Å². The zero-order valence-electron chi connectivity index (χ0n) is 15.4. The summed E-state index contributed by atoms with van der Waals surface area (Å²) in [4.78, 5) is 8.35. The van der Waals surface area contributed by atoms with Crippen LogP contribution in [0.15, 0.2) is 60.0 Å². The maximum atomic E-state index is 13.2. The van der Waals surface area contributed by atoms with Crippen molar-refractivity contribution in [2.24, 2.45) is 10.7 Å². The molecule has 0 atom stereocenters. The third kappa shape index (κ3) is 3.66. The van der Waals surface area contributed by atoms with Crippen molar-refractivity contribution in [1.82, 2.24) is 9.38 Å². The number of allylic oxidation sites excluding steroid dienone is 1. The first-order valence-corrected chi connectivity index (χ1v) is 8.37. The summed E-state index contributed by atoms with van der Waals surface area (Å²) in [6, 6.07) is 9.20. The number of ether oxygens (including phenoxy) is 1. The molecular weight excluding hydrogens is 359 g/mol. The Kier molecular flexibility index (Phi) is 5.30. The summed E-state index contributed by atoms with van der Waals surface area (Å²) in [5, 5.41) is 16.6. The van der Waals surface area contributed by atoms with E-state index < -0.39 is 0 Å². The van der Waals surface area contributed by atoms with Gasteiger partial charge in [-0.05, 0) is 36.4 Å². The fourth-order valence-electron chi connectivity index (χ4n) is 2.67. The van der Waals surface area contributed by atoms with E-state index in [4.69, 9.17) is 21.3 Å². The lowest BCUT2D eigenvalue weighted by molar-refractivity contribution is 0.401. The minimum Gasteiger partial charge on any atom is -0.484 e. The van der Waals surface area contributed by atoms with Crippen LogP contribution in [0.5, 0.6) is 0 Å². The molecule has 0 saturated heterocycles. The molecule has 0 aliphatic rings. The van der Waals surface area contributed by atoms with Crippen LogP contribution in [0.3, 0.4) is 0 Å². The number of rotatable bonds is 4. The minimum atomic E-state index is -0.371. The average molecular weight is 378 g/mol. The van der Waals surface area contributed by atoms with Crippen molar-refractivity contribution in [3.05, 3.63) is 77.6 Å². The van der Waals surface area contributed by atoms with Gasteiger partial charge < -0.3 is 10.5 Å². The fourth-order valence-corrected chi connectivity index (χ4v) is 2.67. The summed E-state index contributed by atoms with van der Waals surface area (Å²) in [5.41, 5.74) is 8.71. The second-order valence-electron chi connectivity index (χ2n) is 5.94. The Morgan fingerprint density at radius 3 is 2.50 bits per heavy atom. The Labute approximate surface area is 161 Å². The molecule has 4 N–H and O–H groups in total. The summed E-state index contributed by atoms with van der Waals surface area (Å²) in [6.07, 6.45) is 4.62. The van der Waals surface area contributed by atoms with Crippen LogP contribution in [0.1, 0.15) is 23.7 Å². The van der Waals surface area contributed by atoms with Crippen LogP contribution in [-0.4, -0.2) is 33.9 Å². The third-order valence-electron chi connectivity index (χ3n) is 4.19. The van der Waals surface area contributed by atoms with Gasteiger partial charge in [-0.15, -0.1) is 0 Å². The van der Waals surface area contributed by atoms with Crippen molar-refractivity contribution in [3.8, 4) is 0 Å². The monoisotopic (exact) mass is 378 g/mol. The lowest BCUT2D eigenvalue weighted by Crippen LogP contribution is -2.08. The van der Waals surface area contributed by atoms with E-state index in [2.05, 4.69) is 9.98 Å². The number of nitrogens with two attached hydrogens (primary N) is 1. The van der Waals surface area contributed by atoms with Crippen molar-refractivity contribution in [3.63, 3.8) is 0 Å². The molecule has 0 radical (unpaired) electrons. The lowest BCUT2D eigenvalue weighted by atomic mass is 9.98. The summed E-state index contributed by atoms with van der Waals surface area (Å²) < 4.78 is 19.9. The van der Waals surface area contributed by atoms with E-state index in [-0.39, 0.29) is 17.4 Å². The molecule has 0 aliphatic carbocycles. The Bertz CT molecular complexity index is 1110. The van der Waals surface area contributed by atoms with Crippen molar-refractivity contribution in [2.75, 3.05) is 7.11 Å². The number of halogens is 1. The SMILES string of the molecule is CO/C(C)=N\C(=N)c1cnc2ccc(/C(=C/N)C(=N)c3ccc(F)cc3)cn12. The number of fused-ring (bicyclic) bond motifs is 1. The van der Waals surface area contributed by atoms with E-state index >= 15 is 0 Å². The second kappa shape index (κ2) is 7.83. The Morgan fingerprint density at radius 2 is 1.86 bits per heavy atom. The first kappa shape index (κ1) is 19.0.